The molecule has 0 saturated carbocycles. The zero-order chi connectivity index (χ0) is 17.5. The van der Waals surface area contributed by atoms with Crippen LogP contribution in [0.15, 0.2) is 23.8 Å². The van der Waals surface area contributed by atoms with Gasteiger partial charge >= 0.3 is 0 Å². The van der Waals surface area contributed by atoms with E-state index in [-0.39, 0.29) is 23.7 Å². The van der Waals surface area contributed by atoms with Crippen LogP contribution in [0.4, 0.5) is 0 Å². The molecule has 1 aliphatic heterocycles. The van der Waals surface area contributed by atoms with Crippen molar-refractivity contribution in [2.75, 3.05) is 32.8 Å². The summed E-state index contributed by atoms with van der Waals surface area (Å²) >= 11 is 0. The first-order chi connectivity index (χ1) is 12.3. The third-order valence-corrected chi connectivity index (χ3v) is 5.54. The number of carbonyl (C=O) groups is 2. The number of nitrogens with one attached hydrogen (secondary N) is 1. The molecule has 25 heavy (non-hydrogen) atoms. The summed E-state index contributed by atoms with van der Waals surface area (Å²) in [5.74, 6) is -0.312. The number of morpholine rings is 1. The maximum Gasteiger partial charge on any atom is 0.226 e. The number of hydrogen-bond donors (Lipinski definition) is 1. The van der Waals surface area contributed by atoms with E-state index < -0.39 is 0 Å². The van der Waals surface area contributed by atoms with E-state index in [9.17, 15) is 9.59 Å². The zero-order valence-corrected chi connectivity index (χ0v) is 15.0. The maximum atomic E-state index is 12.8. The van der Waals surface area contributed by atoms with E-state index in [2.05, 4.69) is 11.4 Å². The number of hydrogen-bond acceptors (Lipinski definition) is 3. The van der Waals surface area contributed by atoms with Crippen LogP contribution >= 0.6 is 0 Å². The molecule has 1 fully saturated rings. The summed E-state index contributed by atoms with van der Waals surface area (Å²) in [4.78, 5) is 27.4. The molecule has 0 spiro atoms. The van der Waals surface area contributed by atoms with Gasteiger partial charge in [0.25, 0.3) is 0 Å². The molecule has 2 amide bonds. The number of nitrogens with zero attached hydrogens (tertiary/aromatic N) is 1. The fourth-order valence-electron chi connectivity index (χ4n) is 4.00. The van der Waals surface area contributed by atoms with Gasteiger partial charge in [-0.2, -0.15) is 0 Å². The lowest BCUT2D eigenvalue weighted by molar-refractivity contribution is -0.145. The summed E-state index contributed by atoms with van der Waals surface area (Å²) in [5.41, 5.74) is 1.47. The van der Waals surface area contributed by atoms with Crippen molar-refractivity contribution in [2.45, 2.75) is 44.9 Å². The smallest absolute Gasteiger partial charge is 0.226 e. The van der Waals surface area contributed by atoms with Crippen LogP contribution in [0.2, 0.25) is 0 Å². The van der Waals surface area contributed by atoms with Crippen LogP contribution in [-0.4, -0.2) is 49.6 Å². The molecule has 0 bridgehead atoms. The molecule has 138 valence electrons. The maximum absolute atomic E-state index is 12.8. The van der Waals surface area contributed by atoms with Gasteiger partial charge in [-0.15, -0.1) is 0 Å². The highest BCUT2D eigenvalue weighted by molar-refractivity contribution is 5.88. The van der Waals surface area contributed by atoms with Gasteiger partial charge < -0.3 is 15.0 Å². The number of amides is 2. The molecule has 0 aromatic rings. The molecule has 1 saturated heterocycles. The van der Waals surface area contributed by atoms with Crippen molar-refractivity contribution in [2.24, 2.45) is 11.8 Å². The molecule has 2 aliphatic carbocycles. The van der Waals surface area contributed by atoms with E-state index in [0.29, 0.717) is 45.7 Å². The van der Waals surface area contributed by atoms with Crippen LogP contribution < -0.4 is 5.32 Å². The Hall–Kier alpha value is -1.62. The first-order valence-electron chi connectivity index (χ1n) is 9.73. The van der Waals surface area contributed by atoms with Gasteiger partial charge in [0, 0.05) is 19.6 Å². The first-order valence-corrected chi connectivity index (χ1v) is 9.73. The lowest BCUT2D eigenvalue weighted by Crippen LogP contribution is -2.48. The van der Waals surface area contributed by atoms with Crippen LogP contribution in [-0.2, 0) is 14.3 Å². The van der Waals surface area contributed by atoms with Crippen molar-refractivity contribution < 1.29 is 14.3 Å². The second-order valence-corrected chi connectivity index (χ2v) is 7.24. The van der Waals surface area contributed by atoms with Gasteiger partial charge in [0.15, 0.2) is 0 Å². The average Bonchev–Trinajstić information content (AvgIpc) is 2.69. The lowest BCUT2D eigenvalue weighted by Gasteiger charge is -2.34. The number of rotatable bonds is 5. The normalized spacial score (nSPS) is 26.9. The van der Waals surface area contributed by atoms with Crippen molar-refractivity contribution in [3.05, 3.63) is 23.8 Å². The Kier molecular flexibility index (Phi) is 6.68. The predicted octanol–water partition coefficient (Wildman–Crippen LogP) is 2.43. The largest absolute Gasteiger partial charge is 0.378 e. The second-order valence-electron chi connectivity index (χ2n) is 7.24. The van der Waals surface area contributed by atoms with Gasteiger partial charge in [0.2, 0.25) is 11.8 Å². The van der Waals surface area contributed by atoms with E-state index >= 15 is 0 Å². The fourth-order valence-corrected chi connectivity index (χ4v) is 4.00. The van der Waals surface area contributed by atoms with E-state index in [1.54, 1.807) is 0 Å². The van der Waals surface area contributed by atoms with Crippen LogP contribution in [0.25, 0.3) is 0 Å². The minimum absolute atomic E-state index is 0.0346. The molecule has 1 heterocycles. The summed E-state index contributed by atoms with van der Waals surface area (Å²) in [6.45, 7) is 3.16. The van der Waals surface area contributed by atoms with Crippen molar-refractivity contribution in [1.29, 1.82) is 0 Å². The van der Waals surface area contributed by atoms with Gasteiger partial charge in [-0.1, -0.05) is 23.8 Å². The molecule has 0 aromatic heterocycles. The third-order valence-electron chi connectivity index (χ3n) is 5.54. The van der Waals surface area contributed by atoms with E-state index in [4.69, 9.17) is 4.74 Å². The molecule has 3 aliphatic rings. The number of carbonyl (C=O) groups excluding carboxylic acids is 2. The summed E-state index contributed by atoms with van der Waals surface area (Å²) in [6.07, 6.45) is 13.6. The Morgan fingerprint density at radius 1 is 1.12 bits per heavy atom. The molecule has 2 atom stereocenters. The molecule has 0 radical (unpaired) electrons. The van der Waals surface area contributed by atoms with Crippen molar-refractivity contribution >= 4 is 11.8 Å². The Balaban J connectivity index is 1.52. The van der Waals surface area contributed by atoms with Gasteiger partial charge in [0.05, 0.1) is 25.0 Å². The van der Waals surface area contributed by atoms with Crippen LogP contribution in [0.1, 0.15) is 44.9 Å². The van der Waals surface area contributed by atoms with Crippen LogP contribution in [0.3, 0.4) is 0 Å². The van der Waals surface area contributed by atoms with Crippen LogP contribution in [0, 0.1) is 11.8 Å². The SMILES string of the molecule is O=C(NCCC1=CCCCC1)[C@H]1CC=CC[C@@H]1C(=O)N1CCOCC1. The molecule has 1 N–H and O–H groups in total. The predicted molar refractivity (Wildman–Crippen MR) is 96.9 cm³/mol. The summed E-state index contributed by atoms with van der Waals surface area (Å²) in [7, 11) is 0. The van der Waals surface area contributed by atoms with Crippen molar-refractivity contribution in [3.8, 4) is 0 Å². The summed E-state index contributed by atoms with van der Waals surface area (Å²) in [6, 6.07) is 0. The number of ether oxygens (including phenoxy) is 1. The Bertz CT molecular complexity index is 535. The third kappa shape index (κ3) is 4.94. The van der Waals surface area contributed by atoms with E-state index in [0.717, 1.165) is 6.42 Å². The minimum Gasteiger partial charge on any atom is -0.378 e. The topological polar surface area (TPSA) is 58.6 Å². The van der Waals surface area contributed by atoms with E-state index in [1.165, 1.54) is 31.3 Å². The van der Waals surface area contributed by atoms with Crippen molar-refractivity contribution in [1.82, 2.24) is 10.2 Å². The van der Waals surface area contributed by atoms with E-state index in [1.807, 2.05) is 17.1 Å². The monoisotopic (exact) mass is 346 g/mol. The summed E-state index contributed by atoms with van der Waals surface area (Å²) in [5, 5.41) is 3.08. The number of allylic oxidation sites excluding steroid dienone is 3. The first kappa shape index (κ1) is 18.2. The molecular weight excluding hydrogens is 316 g/mol. The summed E-state index contributed by atoms with van der Waals surface area (Å²) < 4.78 is 5.33. The molecule has 5 heteroatoms. The highest BCUT2D eigenvalue weighted by atomic mass is 16.5. The van der Waals surface area contributed by atoms with Gasteiger partial charge in [0.1, 0.15) is 0 Å². The Morgan fingerprint density at radius 2 is 1.88 bits per heavy atom. The second kappa shape index (κ2) is 9.18. The standard InChI is InChI=1S/C20H30N2O3/c23-19(21-11-10-16-6-2-1-3-7-16)17-8-4-5-9-18(17)20(24)22-12-14-25-15-13-22/h4-6,17-18H,1-3,7-15H2,(H,21,23)/t17-,18-/m0/s1. The lowest BCUT2D eigenvalue weighted by atomic mass is 9.81. The quantitative estimate of drug-likeness (QED) is 0.778. The van der Waals surface area contributed by atoms with Gasteiger partial charge in [-0.25, -0.2) is 0 Å². The molecule has 0 aromatic carbocycles. The Labute approximate surface area is 150 Å². The van der Waals surface area contributed by atoms with Gasteiger partial charge in [-0.3, -0.25) is 9.59 Å². The molecule has 5 nitrogen and oxygen atoms in total. The fraction of sp³-hybridized carbons (Fsp3) is 0.700. The zero-order valence-electron chi connectivity index (χ0n) is 15.0. The highest BCUT2D eigenvalue weighted by Crippen LogP contribution is 2.28. The highest BCUT2D eigenvalue weighted by Gasteiger charge is 2.36. The Morgan fingerprint density at radius 3 is 2.60 bits per heavy atom. The molecular formula is C20H30N2O3. The van der Waals surface area contributed by atoms with Gasteiger partial charge in [-0.05, 0) is 44.9 Å². The van der Waals surface area contributed by atoms with Crippen LogP contribution in [0.5, 0.6) is 0 Å². The molecule has 3 rings (SSSR count). The average molecular weight is 346 g/mol. The van der Waals surface area contributed by atoms with Crippen molar-refractivity contribution in [3.63, 3.8) is 0 Å². The molecule has 0 unspecified atom stereocenters. The minimum atomic E-state index is -0.235.